The Morgan fingerprint density at radius 1 is 1.17 bits per heavy atom. The third-order valence-electron chi connectivity index (χ3n) is 0.949. The van der Waals surface area contributed by atoms with E-state index in [0.29, 0.717) is 0 Å². The molecule has 0 amide bonds. The van der Waals surface area contributed by atoms with Gasteiger partial charge in [0.25, 0.3) is 0 Å². The topological polar surface area (TPSA) is 40.5 Å². The molecule has 0 saturated heterocycles. The second-order valence-corrected chi connectivity index (χ2v) is 1.97. The summed E-state index contributed by atoms with van der Waals surface area (Å²) in [6.45, 7) is 1.43. The minimum atomic E-state index is -0.767. The first-order valence-corrected chi connectivity index (χ1v) is 3.49. The second-order valence-electron chi connectivity index (χ2n) is 1.97. The van der Waals surface area contributed by atoms with E-state index in [-0.39, 0.29) is 13.0 Å². The predicted octanol–water partition coefficient (Wildman–Crippen LogP) is -0.240. The fourth-order valence-corrected chi connectivity index (χ4v) is 0.403. The monoisotopic (exact) mass is 162 g/mol. The largest absolute Gasteiger partial charge is 0.394 e. The van der Waals surface area contributed by atoms with E-state index in [0.717, 1.165) is 0 Å². The Kier molecular flexibility index (Phi) is 6.81. The van der Waals surface area contributed by atoms with Crippen molar-refractivity contribution in [2.24, 2.45) is 0 Å². The van der Waals surface area contributed by atoms with Crippen LogP contribution in [0.3, 0.4) is 0 Å². The first-order valence-electron chi connectivity index (χ1n) is 3.49. The molecule has 0 aliphatic heterocycles. The van der Waals surface area contributed by atoms with E-state index >= 15 is 0 Å². The van der Waals surface area contributed by atoms with Crippen molar-refractivity contribution in [3.05, 3.63) is 0 Å². The van der Waals surface area contributed by atoms with Gasteiger partial charge >= 0.3 is 0 Å². The van der Waals surface area contributed by atoms with Crippen molar-refractivity contribution in [1.29, 1.82) is 0 Å². The Hall–Kier alpha value is -1.40. The molecule has 0 aromatic heterocycles. The molecule has 0 heterocycles. The standard InChI is InChI=1S/C10H10O2/c1-2-3-4-5-6-7-8-10(12)9-11/h10-12H,8-9H2,1H3/t10-/m0/s1. The van der Waals surface area contributed by atoms with Crippen LogP contribution in [0.15, 0.2) is 0 Å². The Morgan fingerprint density at radius 3 is 2.42 bits per heavy atom. The Balaban J connectivity index is 3.74. The lowest BCUT2D eigenvalue weighted by molar-refractivity contribution is 0.0992. The zero-order chi connectivity index (χ0) is 9.23. The van der Waals surface area contributed by atoms with Crippen molar-refractivity contribution in [3.63, 3.8) is 0 Å². The number of aliphatic hydroxyl groups is 2. The predicted molar refractivity (Wildman–Crippen MR) is 46.7 cm³/mol. The summed E-state index contributed by atoms with van der Waals surface area (Å²) in [6, 6.07) is 0. The van der Waals surface area contributed by atoms with Gasteiger partial charge in [0, 0.05) is 6.42 Å². The highest BCUT2D eigenvalue weighted by atomic mass is 16.3. The van der Waals surface area contributed by atoms with E-state index in [2.05, 4.69) is 35.5 Å². The van der Waals surface area contributed by atoms with Crippen molar-refractivity contribution in [3.8, 4) is 35.5 Å². The van der Waals surface area contributed by atoms with Crippen LogP contribution in [-0.4, -0.2) is 22.9 Å². The van der Waals surface area contributed by atoms with E-state index in [9.17, 15) is 0 Å². The maximum absolute atomic E-state index is 8.83. The Morgan fingerprint density at radius 2 is 1.83 bits per heavy atom. The number of aliphatic hydroxyl groups excluding tert-OH is 2. The minimum absolute atomic E-state index is 0.241. The molecule has 1 atom stereocenters. The van der Waals surface area contributed by atoms with Crippen LogP contribution in [0, 0.1) is 35.5 Å². The summed E-state index contributed by atoms with van der Waals surface area (Å²) in [4.78, 5) is 0. The molecule has 0 aliphatic carbocycles. The minimum Gasteiger partial charge on any atom is -0.394 e. The van der Waals surface area contributed by atoms with Gasteiger partial charge in [0.1, 0.15) is 0 Å². The molecule has 0 unspecified atom stereocenters. The maximum atomic E-state index is 8.83. The Bertz CT molecular complexity index is 285. The number of hydrogen-bond acceptors (Lipinski definition) is 2. The van der Waals surface area contributed by atoms with Gasteiger partial charge in [-0.15, -0.1) is 0 Å². The van der Waals surface area contributed by atoms with E-state index in [4.69, 9.17) is 10.2 Å². The smallest absolute Gasteiger partial charge is 0.0880 e. The van der Waals surface area contributed by atoms with E-state index < -0.39 is 6.10 Å². The highest BCUT2D eigenvalue weighted by Crippen LogP contribution is 1.85. The summed E-state index contributed by atoms with van der Waals surface area (Å²) < 4.78 is 0. The van der Waals surface area contributed by atoms with Crippen LogP contribution in [0.2, 0.25) is 0 Å². The van der Waals surface area contributed by atoms with Crippen LogP contribution in [-0.2, 0) is 0 Å². The first kappa shape index (κ1) is 10.6. The van der Waals surface area contributed by atoms with Gasteiger partial charge in [-0.2, -0.15) is 0 Å². The lowest BCUT2D eigenvalue weighted by atomic mass is 10.3. The molecule has 0 rings (SSSR count). The molecule has 2 N–H and O–H groups in total. The van der Waals surface area contributed by atoms with Gasteiger partial charge in [-0.3, -0.25) is 0 Å². The molecule has 0 radical (unpaired) electrons. The molecule has 62 valence electrons. The third-order valence-corrected chi connectivity index (χ3v) is 0.949. The van der Waals surface area contributed by atoms with Gasteiger partial charge < -0.3 is 10.2 Å². The van der Waals surface area contributed by atoms with Crippen LogP contribution in [0.5, 0.6) is 0 Å². The average Bonchev–Trinajstić information content (AvgIpc) is 2.10. The van der Waals surface area contributed by atoms with Crippen molar-refractivity contribution in [2.45, 2.75) is 19.4 Å². The molecule has 0 saturated carbocycles. The quantitative estimate of drug-likeness (QED) is 0.550. The molecule has 12 heavy (non-hydrogen) atoms. The number of rotatable bonds is 2. The maximum Gasteiger partial charge on any atom is 0.0880 e. The summed E-state index contributed by atoms with van der Waals surface area (Å²) >= 11 is 0. The fourth-order valence-electron chi connectivity index (χ4n) is 0.403. The molecule has 0 aromatic rings. The van der Waals surface area contributed by atoms with Gasteiger partial charge in [-0.1, -0.05) is 11.8 Å². The zero-order valence-electron chi connectivity index (χ0n) is 6.89. The third kappa shape index (κ3) is 6.72. The summed E-state index contributed by atoms with van der Waals surface area (Å²) in [5.74, 6) is 15.2. The van der Waals surface area contributed by atoms with E-state index in [1.54, 1.807) is 6.92 Å². The SMILES string of the molecule is CC#CC#CC#CC[C@H](O)CO. The van der Waals surface area contributed by atoms with Crippen LogP contribution in [0.4, 0.5) is 0 Å². The van der Waals surface area contributed by atoms with Gasteiger partial charge in [0.05, 0.1) is 12.7 Å². The Labute approximate surface area is 72.6 Å². The van der Waals surface area contributed by atoms with Gasteiger partial charge in [0.15, 0.2) is 0 Å². The van der Waals surface area contributed by atoms with Crippen molar-refractivity contribution >= 4 is 0 Å². The van der Waals surface area contributed by atoms with Crippen molar-refractivity contribution in [1.82, 2.24) is 0 Å². The summed E-state index contributed by atoms with van der Waals surface area (Å²) in [5.41, 5.74) is 0. The van der Waals surface area contributed by atoms with Crippen LogP contribution in [0.1, 0.15) is 13.3 Å². The summed E-state index contributed by atoms with van der Waals surface area (Å²) in [5, 5.41) is 17.2. The molecular weight excluding hydrogens is 152 g/mol. The van der Waals surface area contributed by atoms with Crippen LogP contribution in [0.25, 0.3) is 0 Å². The summed E-state index contributed by atoms with van der Waals surface area (Å²) in [7, 11) is 0. The molecule has 0 aliphatic rings. The lowest BCUT2D eigenvalue weighted by Gasteiger charge is -1.97. The molecule has 2 nitrogen and oxygen atoms in total. The van der Waals surface area contributed by atoms with Crippen molar-refractivity contribution < 1.29 is 10.2 Å². The van der Waals surface area contributed by atoms with Crippen LogP contribution >= 0.6 is 0 Å². The van der Waals surface area contributed by atoms with Gasteiger partial charge in [0.2, 0.25) is 0 Å². The molecular formula is C10H10O2. The van der Waals surface area contributed by atoms with Gasteiger partial charge in [-0.25, -0.2) is 0 Å². The summed E-state index contributed by atoms with van der Waals surface area (Å²) in [6.07, 6.45) is -0.526. The average molecular weight is 162 g/mol. The first-order chi connectivity index (χ1) is 5.81. The molecule has 0 aromatic carbocycles. The molecule has 2 heteroatoms. The van der Waals surface area contributed by atoms with E-state index in [1.165, 1.54) is 0 Å². The second kappa shape index (κ2) is 7.70. The zero-order valence-corrected chi connectivity index (χ0v) is 6.89. The number of hydrogen-bond donors (Lipinski definition) is 2. The molecule has 0 spiro atoms. The molecule has 0 fully saturated rings. The van der Waals surface area contributed by atoms with E-state index in [1.807, 2.05) is 0 Å². The van der Waals surface area contributed by atoms with Gasteiger partial charge in [-0.05, 0) is 30.6 Å². The highest BCUT2D eigenvalue weighted by Gasteiger charge is 1.95. The lowest BCUT2D eigenvalue weighted by Crippen LogP contribution is -2.09. The fraction of sp³-hybridized carbons (Fsp3) is 0.400. The highest BCUT2D eigenvalue weighted by molar-refractivity contribution is 5.35. The molecule has 0 bridgehead atoms. The normalized spacial score (nSPS) is 9.25. The van der Waals surface area contributed by atoms with Crippen LogP contribution < -0.4 is 0 Å². The van der Waals surface area contributed by atoms with Crippen molar-refractivity contribution in [2.75, 3.05) is 6.61 Å².